The van der Waals surface area contributed by atoms with Crippen molar-refractivity contribution in [1.29, 1.82) is 0 Å². The molecule has 0 radical (unpaired) electrons. The summed E-state index contributed by atoms with van der Waals surface area (Å²) in [5, 5.41) is 0. The average molecular weight is 388 g/mol. The Kier molecular flexibility index (Phi) is 4.68. The summed E-state index contributed by atoms with van der Waals surface area (Å²) >= 11 is 0. The minimum absolute atomic E-state index is 0.0248. The quantitative estimate of drug-likeness (QED) is 0.803. The lowest BCUT2D eigenvalue weighted by Gasteiger charge is -2.11. The summed E-state index contributed by atoms with van der Waals surface area (Å²) in [6, 6.07) is 3.96. The fourth-order valence-electron chi connectivity index (χ4n) is 1.75. The predicted octanol–water partition coefficient (Wildman–Crippen LogP) is 4.17. The summed E-state index contributed by atoms with van der Waals surface area (Å²) in [5.74, 6) is -2.19. The minimum atomic E-state index is -5.65. The molecule has 0 fully saturated rings. The van der Waals surface area contributed by atoms with Crippen LogP contribution in [0.1, 0.15) is 5.56 Å². The van der Waals surface area contributed by atoms with Crippen molar-refractivity contribution in [2.24, 2.45) is 0 Å². The van der Waals surface area contributed by atoms with Gasteiger partial charge in [0.1, 0.15) is 11.6 Å². The molecule has 12 heteroatoms. The highest BCUT2D eigenvalue weighted by atomic mass is 32.2. The molecule has 0 saturated heterocycles. The van der Waals surface area contributed by atoms with Crippen LogP contribution in [-0.4, -0.2) is 18.9 Å². The van der Waals surface area contributed by atoms with Gasteiger partial charge in [-0.1, -0.05) is 6.07 Å². The second kappa shape index (κ2) is 6.17. The molecule has 0 saturated carbocycles. The first kappa shape index (κ1) is 19.0. The van der Waals surface area contributed by atoms with Crippen molar-refractivity contribution in [3.05, 3.63) is 47.9 Å². The maximum Gasteiger partial charge on any atom is 0.516 e. The molecular formula is C13H7F7N2O2S. The maximum absolute atomic E-state index is 13.5. The summed E-state index contributed by atoms with van der Waals surface area (Å²) in [4.78, 5) is 3.42. The van der Waals surface area contributed by atoms with Crippen LogP contribution in [0.2, 0.25) is 0 Å². The summed E-state index contributed by atoms with van der Waals surface area (Å²) in [5.41, 5.74) is -6.96. The van der Waals surface area contributed by atoms with E-state index in [1.807, 2.05) is 0 Å². The zero-order valence-corrected chi connectivity index (χ0v) is 12.6. The number of aromatic nitrogens is 1. The van der Waals surface area contributed by atoms with Crippen LogP contribution in [0.3, 0.4) is 0 Å². The van der Waals surface area contributed by atoms with Gasteiger partial charge in [-0.15, -0.1) is 0 Å². The highest BCUT2D eigenvalue weighted by Gasteiger charge is 2.46. The summed E-state index contributed by atoms with van der Waals surface area (Å²) in [7, 11) is -5.65. The lowest BCUT2D eigenvalue weighted by atomic mass is 10.0. The highest BCUT2D eigenvalue weighted by Crippen LogP contribution is 2.33. The number of benzene rings is 1. The topological polar surface area (TPSA) is 59.1 Å². The molecule has 4 nitrogen and oxygen atoms in total. The number of rotatable bonds is 3. The van der Waals surface area contributed by atoms with Gasteiger partial charge in [0.15, 0.2) is 0 Å². The average Bonchev–Trinajstić information content (AvgIpc) is 2.45. The fourth-order valence-corrected chi connectivity index (χ4v) is 2.26. The van der Waals surface area contributed by atoms with E-state index in [1.54, 1.807) is 0 Å². The number of nitrogens with zero attached hydrogens (tertiary/aromatic N) is 1. The van der Waals surface area contributed by atoms with E-state index in [0.717, 1.165) is 24.4 Å². The second-order valence-corrected chi connectivity index (χ2v) is 6.35. The molecule has 2 aromatic rings. The Morgan fingerprint density at radius 3 is 1.96 bits per heavy atom. The number of anilines is 1. The van der Waals surface area contributed by atoms with Gasteiger partial charge in [0, 0.05) is 11.8 Å². The van der Waals surface area contributed by atoms with Crippen LogP contribution in [0.15, 0.2) is 36.5 Å². The van der Waals surface area contributed by atoms with E-state index < -0.39 is 38.9 Å². The summed E-state index contributed by atoms with van der Waals surface area (Å²) in [6.45, 7) is 0. The number of halogens is 7. The smallest absolute Gasteiger partial charge is 0.260 e. The first-order valence-electron chi connectivity index (χ1n) is 6.23. The van der Waals surface area contributed by atoms with Crippen LogP contribution in [0, 0.1) is 5.82 Å². The van der Waals surface area contributed by atoms with Crippen molar-refractivity contribution in [2.75, 3.05) is 4.72 Å². The van der Waals surface area contributed by atoms with E-state index in [-0.39, 0.29) is 11.1 Å². The molecule has 1 aromatic heterocycles. The van der Waals surface area contributed by atoms with Gasteiger partial charge in [0.2, 0.25) is 0 Å². The Morgan fingerprint density at radius 2 is 1.52 bits per heavy atom. The molecule has 1 N–H and O–H groups in total. The fraction of sp³-hybridized carbons (Fsp3) is 0.154. The van der Waals surface area contributed by atoms with Crippen molar-refractivity contribution in [3.63, 3.8) is 0 Å². The Bertz CT molecular complexity index is 875. The lowest BCUT2D eigenvalue weighted by Crippen LogP contribution is -2.30. The van der Waals surface area contributed by atoms with Crippen molar-refractivity contribution < 1.29 is 39.2 Å². The van der Waals surface area contributed by atoms with Gasteiger partial charge < -0.3 is 0 Å². The second-order valence-electron chi connectivity index (χ2n) is 4.68. The molecule has 0 unspecified atom stereocenters. The van der Waals surface area contributed by atoms with Crippen LogP contribution < -0.4 is 4.72 Å². The lowest BCUT2D eigenvalue weighted by molar-refractivity contribution is -0.139. The molecular weight excluding hydrogens is 381 g/mol. The monoisotopic (exact) mass is 388 g/mol. The number of pyridine rings is 1. The van der Waals surface area contributed by atoms with Crippen molar-refractivity contribution in [2.45, 2.75) is 11.7 Å². The maximum atomic E-state index is 13.5. The zero-order chi connectivity index (χ0) is 19.0. The largest absolute Gasteiger partial charge is 0.516 e. The predicted molar refractivity (Wildman–Crippen MR) is 73.2 cm³/mol. The molecule has 0 bridgehead atoms. The van der Waals surface area contributed by atoms with Gasteiger partial charge in [-0.25, -0.2) is 9.37 Å². The highest BCUT2D eigenvalue weighted by molar-refractivity contribution is 7.93. The van der Waals surface area contributed by atoms with Crippen molar-refractivity contribution >= 4 is 15.8 Å². The molecule has 0 spiro atoms. The minimum Gasteiger partial charge on any atom is -0.260 e. The number of hydrogen-bond acceptors (Lipinski definition) is 3. The van der Waals surface area contributed by atoms with E-state index in [9.17, 15) is 39.2 Å². The normalized spacial score (nSPS) is 12.9. The van der Waals surface area contributed by atoms with Gasteiger partial charge in [0.05, 0.1) is 5.56 Å². The number of sulfonamides is 1. The third kappa shape index (κ3) is 4.18. The Morgan fingerprint density at radius 1 is 0.920 bits per heavy atom. The zero-order valence-electron chi connectivity index (χ0n) is 11.8. The summed E-state index contributed by atoms with van der Waals surface area (Å²) in [6.07, 6.45) is -3.99. The third-order valence-electron chi connectivity index (χ3n) is 2.91. The Hall–Kier alpha value is -2.37. The summed E-state index contributed by atoms with van der Waals surface area (Å²) < 4.78 is 111. The molecule has 0 aliphatic rings. The Balaban J connectivity index is 2.28. The number of alkyl halides is 6. The van der Waals surface area contributed by atoms with E-state index >= 15 is 0 Å². The van der Waals surface area contributed by atoms with E-state index in [2.05, 4.69) is 4.98 Å². The van der Waals surface area contributed by atoms with Crippen LogP contribution in [0.5, 0.6) is 0 Å². The van der Waals surface area contributed by atoms with Crippen LogP contribution in [0.4, 0.5) is 36.6 Å². The van der Waals surface area contributed by atoms with Crippen LogP contribution >= 0.6 is 0 Å². The molecule has 1 aromatic carbocycles. The third-order valence-corrected chi connectivity index (χ3v) is 4.00. The standard InChI is InChI=1S/C13H7F7N2O2S/c14-10-5-7(1-3-9(10)12(15,16)17)8-2-4-11(21-6-8)22-25(23,24)13(18,19)20/h1-6H,(H,21,22). The molecule has 0 atom stereocenters. The van der Waals surface area contributed by atoms with Crippen molar-refractivity contribution in [3.8, 4) is 11.1 Å². The van der Waals surface area contributed by atoms with E-state index in [1.165, 1.54) is 4.72 Å². The molecule has 25 heavy (non-hydrogen) atoms. The van der Waals surface area contributed by atoms with E-state index in [0.29, 0.717) is 12.1 Å². The molecule has 136 valence electrons. The van der Waals surface area contributed by atoms with Gasteiger partial charge in [0.25, 0.3) is 0 Å². The number of hydrogen-bond donors (Lipinski definition) is 1. The Labute approximate surface area is 136 Å². The molecule has 1 heterocycles. The van der Waals surface area contributed by atoms with Crippen molar-refractivity contribution in [1.82, 2.24) is 4.98 Å². The number of nitrogens with one attached hydrogen (secondary N) is 1. The van der Waals surface area contributed by atoms with Gasteiger partial charge in [-0.3, -0.25) is 4.72 Å². The molecule has 0 amide bonds. The van der Waals surface area contributed by atoms with Crippen LogP contribution in [0.25, 0.3) is 11.1 Å². The van der Waals surface area contributed by atoms with Gasteiger partial charge >= 0.3 is 21.7 Å². The SMILES string of the molecule is O=S(=O)(Nc1ccc(-c2ccc(C(F)(F)F)c(F)c2)cn1)C(F)(F)F. The first-order chi connectivity index (χ1) is 11.3. The first-order valence-corrected chi connectivity index (χ1v) is 7.72. The van der Waals surface area contributed by atoms with Gasteiger partial charge in [-0.2, -0.15) is 34.8 Å². The molecule has 0 aliphatic carbocycles. The molecule has 0 aliphatic heterocycles. The van der Waals surface area contributed by atoms with E-state index in [4.69, 9.17) is 0 Å². The molecule has 2 rings (SSSR count). The van der Waals surface area contributed by atoms with Gasteiger partial charge in [-0.05, 0) is 29.8 Å². The van der Waals surface area contributed by atoms with Crippen LogP contribution in [-0.2, 0) is 16.2 Å².